The van der Waals surface area contributed by atoms with E-state index in [1.54, 1.807) is 0 Å². The topological polar surface area (TPSA) is 42.1 Å². The number of nitrogens with zero attached hydrogens (tertiary/aromatic N) is 2. The Hall–Kier alpha value is 0.130. The van der Waals surface area contributed by atoms with Crippen molar-refractivity contribution in [3.63, 3.8) is 0 Å². The predicted molar refractivity (Wildman–Crippen MR) is 99.4 cm³/mol. The van der Waals surface area contributed by atoms with Gasteiger partial charge in [0, 0.05) is 29.9 Å². The fraction of sp³-hybridized carbons (Fsp3) is 0.812. The monoisotopic (exact) mass is 365 g/mol. The van der Waals surface area contributed by atoms with E-state index < -0.39 is 0 Å². The van der Waals surface area contributed by atoms with E-state index in [2.05, 4.69) is 31.1 Å². The molecular formula is C16H29Cl2N3S. The van der Waals surface area contributed by atoms with Crippen LogP contribution >= 0.6 is 36.2 Å². The van der Waals surface area contributed by atoms with Gasteiger partial charge in [-0.25, -0.2) is 4.98 Å². The molecule has 1 aliphatic carbocycles. The third-order valence-corrected chi connectivity index (χ3v) is 5.74. The predicted octanol–water partition coefficient (Wildman–Crippen LogP) is 3.84. The van der Waals surface area contributed by atoms with Gasteiger partial charge in [-0.15, -0.1) is 36.2 Å². The SMILES string of the molecule is CC(C)(C)c1csc(CN2CC3CCCC(N)C3C2)n1.Cl.Cl. The van der Waals surface area contributed by atoms with Gasteiger partial charge in [0.2, 0.25) is 0 Å². The lowest BCUT2D eigenvalue weighted by atomic mass is 9.78. The van der Waals surface area contributed by atoms with E-state index in [-0.39, 0.29) is 30.2 Å². The van der Waals surface area contributed by atoms with Gasteiger partial charge >= 0.3 is 0 Å². The Labute approximate surface area is 150 Å². The van der Waals surface area contributed by atoms with Crippen molar-refractivity contribution in [2.45, 2.75) is 58.0 Å². The Kier molecular flexibility index (Phi) is 7.15. The van der Waals surface area contributed by atoms with Crippen molar-refractivity contribution in [3.8, 4) is 0 Å². The van der Waals surface area contributed by atoms with Gasteiger partial charge < -0.3 is 5.73 Å². The lowest BCUT2D eigenvalue weighted by molar-refractivity contribution is 0.259. The highest BCUT2D eigenvalue weighted by Gasteiger charge is 2.38. The van der Waals surface area contributed by atoms with E-state index in [1.807, 2.05) is 11.3 Å². The summed E-state index contributed by atoms with van der Waals surface area (Å²) in [7, 11) is 0. The highest BCUT2D eigenvalue weighted by Crippen LogP contribution is 2.36. The molecule has 128 valence electrons. The number of rotatable bonds is 2. The van der Waals surface area contributed by atoms with Crippen molar-refractivity contribution in [1.29, 1.82) is 0 Å². The lowest BCUT2D eigenvalue weighted by Gasteiger charge is -2.29. The second-order valence-electron chi connectivity index (χ2n) is 7.59. The van der Waals surface area contributed by atoms with Crippen molar-refractivity contribution < 1.29 is 0 Å². The largest absolute Gasteiger partial charge is 0.327 e. The van der Waals surface area contributed by atoms with Crippen molar-refractivity contribution in [2.75, 3.05) is 13.1 Å². The number of hydrogen-bond acceptors (Lipinski definition) is 4. The maximum absolute atomic E-state index is 6.30. The van der Waals surface area contributed by atoms with Gasteiger partial charge in [-0.05, 0) is 24.7 Å². The van der Waals surface area contributed by atoms with Gasteiger partial charge in [0.25, 0.3) is 0 Å². The Morgan fingerprint density at radius 3 is 2.59 bits per heavy atom. The highest BCUT2D eigenvalue weighted by molar-refractivity contribution is 7.09. The van der Waals surface area contributed by atoms with Crippen molar-refractivity contribution in [3.05, 3.63) is 16.1 Å². The molecule has 3 nitrogen and oxygen atoms in total. The number of thiazole rings is 1. The second-order valence-corrected chi connectivity index (χ2v) is 8.53. The minimum absolute atomic E-state index is 0. The first kappa shape index (κ1) is 20.2. The smallest absolute Gasteiger partial charge is 0.107 e. The molecule has 1 saturated heterocycles. The van der Waals surface area contributed by atoms with Crippen molar-refractivity contribution in [1.82, 2.24) is 9.88 Å². The summed E-state index contributed by atoms with van der Waals surface area (Å²) in [6, 6.07) is 0.431. The standard InChI is InChI=1S/C16H27N3S.2ClH/c1-16(2,3)14-10-20-15(18-14)9-19-7-11-5-4-6-13(17)12(11)8-19;;/h10-13H,4-9,17H2,1-3H3;2*1H. The van der Waals surface area contributed by atoms with Crippen molar-refractivity contribution in [2.24, 2.45) is 17.6 Å². The molecule has 1 saturated carbocycles. The van der Waals surface area contributed by atoms with Crippen LogP contribution in [0, 0.1) is 11.8 Å². The molecule has 2 heterocycles. The maximum atomic E-state index is 6.30. The molecule has 3 rings (SSSR count). The second kappa shape index (κ2) is 7.80. The van der Waals surface area contributed by atoms with Gasteiger partial charge in [0.1, 0.15) is 5.01 Å². The van der Waals surface area contributed by atoms with E-state index in [9.17, 15) is 0 Å². The number of nitrogens with two attached hydrogens (primary N) is 1. The quantitative estimate of drug-likeness (QED) is 0.865. The summed E-state index contributed by atoms with van der Waals surface area (Å²) in [6.07, 6.45) is 3.92. The van der Waals surface area contributed by atoms with Gasteiger partial charge in [-0.2, -0.15) is 0 Å². The van der Waals surface area contributed by atoms with Crippen LogP contribution < -0.4 is 5.73 Å². The van der Waals surface area contributed by atoms with E-state index in [0.29, 0.717) is 6.04 Å². The molecular weight excluding hydrogens is 337 g/mol. The fourth-order valence-corrected chi connectivity index (χ4v) is 4.72. The van der Waals surface area contributed by atoms with Crippen LogP contribution in [0.3, 0.4) is 0 Å². The van der Waals surface area contributed by atoms with Crippen LogP contribution in [0.2, 0.25) is 0 Å². The van der Waals surface area contributed by atoms with E-state index >= 15 is 0 Å². The van der Waals surface area contributed by atoms with E-state index in [1.165, 1.54) is 43.1 Å². The summed E-state index contributed by atoms with van der Waals surface area (Å²) in [6.45, 7) is 10.1. The number of halogens is 2. The Balaban J connectivity index is 0.00000121. The highest BCUT2D eigenvalue weighted by atomic mass is 35.5. The molecule has 2 N–H and O–H groups in total. The minimum atomic E-state index is 0. The van der Waals surface area contributed by atoms with E-state index in [0.717, 1.165) is 18.4 Å². The minimum Gasteiger partial charge on any atom is -0.327 e. The van der Waals surface area contributed by atoms with Gasteiger partial charge in [-0.3, -0.25) is 4.90 Å². The summed E-state index contributed by atoms with van der Waals surface area (Å²) >= 11 is 1.81. The average molecular weight is 366 g/mol. The van der Waals surface area contributed by atoms with Gasteiger partial charge in [0.15, 0.2) is 0 Å². The first-order valence-corrected chi connectivity index (χ1v) is 8.74. The van der Waals surface area contributed by atoms with Crippen LogP contribution in [0.15, 0.2) is 5.38 Å². The third-order valence-electron chi connectivity index (χ3n) is 4.91. The molecule has 0 bridgehead atoms. The summed E-state index contributed by atoms with van der Waals surface area (Å²) in [5.74, 6) is 1.56. The van der Waals surface area contributed by atoms with Crippen LogP contribution in [-0.4, -0.2) is 29.0 Å². The third kappa shape index (κ3) is 4.35. The average Bonchev–Trinajstić information content (AvgIpc) is 2.96. The molecule has 1 aliphatic heterocycles. The zero-order chi connectivity index (χ0) is 14.3. The van der Waals surface area contributed by atoms with Crippen molar-refractivity contribution >= 4 is 36.2 Å². The van der Waals surface area contributed by atoms with Crippen LogP contribution in [-0.2, 0) is 12.0 Å². The first-order chi connectivity index (χ1) is 9.43. The van der Waals surface area contributed by atoms with Crippen LogP contribution in [0.5, 0.6) is 0 Å². The molecule has 0 spiro atoms. The summed E-state index contributed by atoms with van der Waals surface area (Å²) in [4.78, 5) is 7.40. The lowest BCUT2D eigenvalue weighted by Crippen LogP contribution is -2.38. The molecule has 1 aromatic heterocycles. The number of likely N-dealkylation sites (tertiary alicyclic amines) is 1. The molecule has 6 heteroatoms. The zero-order valence-electron chi connectivity index (χ0n) is 13.7. The molecule has 0 radical (unpaired) electrons. The molecule has 22 heavy (non-hydrogen) atoms. The van der Waals surface area contributed by atoms with Gasteiger partial charge in [-0.1, -0.05) is 27.2 Å². The fourth-order valence-electron chi connectivity index (χ4n) is 3.66. The Bertz CT molecular complexity index is 472. The summed E-state index contributed by atoms with van der Waals surface area (Å²) in [5.41, 5.74) is 7.69. The van der Waals surface area contributed by atoms with Crippen LogP contribution in [0.25, 0.3) is 0 Å². The molecule has 0 aromatic carbocycles. The number of hydrogen-bond donors (Lipinski definition) is 1. The maximum Gasteiger partial charge on any atom is 0.107 e. The molecule has 3 atom stereocenters. The van der Waals surface area contributed by atoms with Crippen LogP contribution in [0.4, 0.5) is 0 Å². The molecule has 3 unspecified atom stereocenters. The normalized spacial score (nSPS) is 28.6. The first-order valence-electron chi connectivity index (χ1n) is 7.86. The Morgan fingerprint density at radius 1 is 1.27 bits per heavy atom. The Morgan fingerprint density at radius 2 is 2.00 bits per heavy atom. The van der Waals surface area contributed by atoms with E-state index in [4.69, 9.17) is 10.7 Å². The number of aromatic nitrogens is 1. The molecule has 2 aliphatic rings. The molecule has 1 aromatic rings. The van der Waals surface area contributed by atoms with Crippen LogP contribution in [0.1, 0.15) is 50.7 Å². The van der Waals surface area contributed by atoms with Gasteiger partial charge in [0.05, 0.1) is 12.2 Å². The molecule has 0 amide bonds. The zero-order valence-corrected chi connectivity index (χ0v) is 16.2. The summed E-state index contributed by atoms with van der Waals surface area (Å²) in [5, 5.41) is 3.49. The summed E-state index contributed by atoms with van der Waals surface area (Å²) < 4.78 is 0. The number of fused-ring (bicyclic) bond motifs is 1. The molecule has 2 fully saturated rings.